The molecule has 8 nitrogen and oxygen atoms in total. The highest BCUT2D eigenvalue weighted by Gasteiger charge is 2.24. The van der Waals surface area contributed by atoms with Crippen LogP contribution in [0.4, 0.5) is 5.69 Å². The van der Waals surface area contributed by atoms with Crippen molar-refractivity contribution in [2.24, 2.45) is 7.05 Å². The molecule has 182 valence electrons. The Labute approximate surface area is 205 Å². The van der Waals surface area contributed by atoms with E-state index in [1.165, 1.54) is 10.4 Å². The Kier molecular flexibility index (Phi) is 6.73. The van der Waals surface area contributed by atoms with Crippen molar-refractivity contribution in [2.75, 3.05) is 18.4 Å². The molecule has 9 heteroatoms. The minimum Gasteiger partial charge on any atom is -0.322 e. The number of fused-ring (bicyclic) bond motifs is 1. The lowest BCUT2D eigenvalue weighted by Gasteiger charge is -2.19. The van der Waals surface area contributed by atoms with E-state index in [4.69, 9.17) is 4.98 Å². The van der Waals surface area contributed by atoms with Crippen molar-refractivity contribution in [3.05, 3.63) is 71.4 Å². The van der Waals surface area contributed by atoms with Gasteiger partial charge in [-0.15, -0.1) is 0 Å². The summed E-state index contributed by atoms with van der Waals surface area (Å²) in [5, 5.41) is 8.06. The molecular formula is C26H29N5O3S. The fraction of sp³-hybridized carbons (Fsp3) is 0.269. The zero-order valence-corrected chi connectivity index (χ0v) is 21.3. The van der Waals surface area contributed by atoms with Gasteiger partial charge in [0.05, 0.1) is 27.2 Å². The molecule has 0 aliphatic heterocycles. The van der Waals surface area contributed by atoms with E-state index in [0.717, 1.165) is 11.1 Å². The van der Waals surface area contributed by atoms with Gasteiger partial charge in [0.15, 0.2) is 5.65 Å². The van der Waals surface area contributed by atoms with Gasteiger partial charge in [-0.1, -0.05) is 50.2 Å². The lowest BCUT2D eigenvalue weighted by molar-refractivity contribution is 0.102. The number of anilines is 1. The van der Waals surface area contributed by atoms with Crippen LogP contribution in [0.15, 0.2) is 59.5 Å². The average molecular weight is 492 g/mol. The highest BCUT2D eigenvalue weighted by Crippen LogP contribution is 2.29. The number of carbonyl (C=O) groups excluding carboxylic acids is 1. The number of nitrogens with zero attached hydrogens (tertiary/aromatic N) is 4. The van der Waals surface area contributed by atoms with E-state index in [9.17, 15) is 13.2 Å². The Morgan fingerprint density at radius 3 is 2.37 bits per heavy atom. The van der Waals surface area contributed by atoms with Crippen LogP contribution in [-0.4, -0.2) is 46.5 Å². The first-order valence-electron chi connectivity index (χ1n) is 11.5. The van der Waals surface area contributed by atoms with Gasteiger partial charge >= 0.3 is 0 Å². The Balaban J connectivity index is 1.80. The zero-order chi connectivity index (χ0) is 25.3. The van der Waals surface area contributed by atoms with Crippen molar-refractivity contribution in [2.45, 2.75) is 32.6 Å². The molecule has 0 radical (unpaired) electrons. The molecule has 2 aromatic carbocycles. The molecule has 0 saturated heterocycles. The monoisotopic (exact) mass is 491 g/mol. The molecular weight excluding hydrogens is 462 g/mol. The molecule has 0 saturated carbocycles. The van der Waals surface area contributed by atoms with Crippen LogP contribution >= 0.6 is 0 Å². The highest BCUT2D eigenvalue weighted by molar-refractivity contribution is 7.89. The van der Waals surface area contributed by atoms with Crippen molar-refractivity contribution in [1.82, 2.24) is 19.1 Å². The number of aryl methyl sites for hydroxylation is 3. The molecule has 0 aliphatic rings. The molecule has 4 rings (SSSR count). The Bertz CT molecular complexity index is 1510. The Hall–Kier alpha value is -3.56. The standard InChI is InChI=1S/C26H29N5O3S/c1-6-31(7-2)35(33,34)20-14-13-17(3)22(15-20)28-26(32)21-16-23(19-11-9-8-10-12-19)27-25-24(21)18(4)29-30(25)5/h8-16H,6-7H2,1-5H3,(H,28,32). The van der Waals surface area contributed by atoms with Gasteiger partial charge in [-0.3, -0.25) is 9.48 Å². The summed E-state index contributed by atoms with van der Waals surface area (Å²) < 4.78 is 29.1. The van der Waals surface area contributed by atoms with Gasteiger partial charge in [0.1, 0.15) is 0 Å². The average Bonchev–Trinajstić information content (AvgIpc) is 3.14. The SMILES string of the molecule is CCN(CC)S(=O)(=O)c1ccc(C)c(NC(=O)c2cc(-c3ccccc3)nc3c2c(C)nn3C)c1. The first kappa shape index (κ1) is 24.6. The number of rotatable bonds is 7. The molecule has 1 amide bonds. The fourth-order valence-electron chi connectivity index (χ4n) is 4.18. The van der Waals surface area contributed by atoms with Gasteiger partial charge in [-0.25, -0.2) is 13.4 Å². The third kappa shape index (κ3) is 4.56. The number of sulfonamides is 1. The van der Waals surface area contributed by atoms with Crippen LogP contribution in [0.1, 0.15) is 35.5 Å². The fourth-order valence-corrected chi connectivity index (χ4v) is 5.66. The summed E-state index contributed by atoms with van der Waals surface area (Å²) in [6.07, 6.45) is 0. The summed E-state index contributed by atoms with van der Waals surface area (Å²) >= 11 is 0. The summed E-state index contributed by atoms with van der Waals surface area (Å²) in [5.74, 6) is -0.355. The van der Waals surface area contributed by atoms with Crippen molar-refractivity contribution in [3.63, 3.8) is 0 Å². The minimum atomic E-state index is -3.66. The maximum absolute atomic E-state index is 13.6. The molecule has 0 unspecified atom stereocenters. The van der Waals surface area contributed by atoms with Crippen molar-refractivity contribution in [1.29, 1.82) is 0 Å². The van der Waals surface area contributed by atoms with Crippen molar-refractivity contribution < 1.29 is 13.2 Å². The maximum Gasteiger partial charge on any atom is 0.256 e. The number of amides is 1. The van der Waals surface area contributed by atoms with Gasteiger partial charge < -0.3 is 5.32 Å². The maximum atomic E-state index is 13.6. The first-order chi connectivity index (χ1) is 16.7. The van der Waals surface area contributed by atoms with E-state index < -0.39 is 10.0 Å². The minimum absolute atomic E-state index is 0.143. The van der Waals surface area contributed by atoms with E-state index in [1.54, 1.807) is 43.8 Å². The lowest BCUT2D eigenvalue weighted by atomic mass is 10.0. The molecule has 0 fully saturated rings. The van der Waals surface area contributed by atoms with Gasteiger partial charge in [-0.05, 0) is 37.6 Å². The lowest BCUT2D eigenvalue weighted by Crippen LogP contribution is -2.30. The van der Waals surface area contributed by atoms with Crippen LogP contribution in [0, 0.1) is 13.8 Å². The van der Waals surface area contributed by atoms with Gasteiger partial charge in [-0.2, -0.15) is 9.40 Å². The largest absolute Gasteiger partial charge is 0.322 e. The van der Waals surface area contributed by atoms with Crippen LogP contribution in [0.3, 0.4) is 0 Å². The molecule has 2 aromatic heterocycles. The van der Waals surface area contributed by atoms with Crippen LogP contribution in [0.5, 0.6) is 0 Å². The second-order valence-electron chi connectivity index (χ2n) is 8.35. The zero-order valence-electron chi connectivity index (χ0n) is 20.5. The molecule has 1 N–H and O–H groups in total. The molecule has 0 bridgehead atoms. The van der Waals surface area contributed by atoms with E-state index in [-0.39, 0.29) is 10.8 Å². The van der Waals surface area contributed by atoms with Gasteiger partial charge in [0.25, 0.3) is 5.91 Å². The Morgan fingerprint density at radius 1 is 1.03 bits per heavy atom. The number of benzene rings is 2. The third-order valence-corrected chi connectivity index (χ3v) is 8.13. The van der Waals surface area contributed by atoms with Crippen LogP contribution in [-0.2, 0) is 17.1 Å². The van der Waals surface area contributed by atoms with Gasteiger partial charge in [0.2, 0.25) is 10.0 Å². The molecule has 0 atom stereocenters. The molecule has 0 spiro atoms. The summed E-state index contributed by atoms with van der Waals surface area (Å²) in [4.78, 5) is 18.5. The number of hydrogen-bond acceptors (Lipinski definition) is 5. The predicted octanol–water partition coefficient (Wildman–Crippen LogP) is 4.53. The predicted molar refractivity (Wildman–Crippen MR) is 138 cm³/mol. The first-order valence-corrected chi connectivity index (χ1v) is 12.9. The second-order valence-corrected chi connectivity index (χ2v) is 10.3. The summed E-state index contributed by atoms with van der Waals surface area (Å²) in [6.45, 7) is 8.00. The molecule has 0 aliphatic carbocycles. The normalized spacial score (nSPS) is 11.8. The number of hydrogen-bond donors (Lipinski definition) is 1. The van der Waals surface area contributed by atoms with Crippen molar-refractivity contribution in [3.8, 4) is 11.3 Å². The number of pyridine rings is 1. The quantitative estimate of drug-likeness (QED) is 0.410. The van der Waals surface area contributed by atoms with E-state index in [1.807, 2.05) is 44.2 Å². The summed E-state index contributed by atoms with van der Waals surface area (Å²) in [7, 11) is -1.87. The third-order valence-electron chi connectivity index (χ3n) is 6.08. The molecule has 2 heterocycles. The van der Waals surface area contributed by atoms with Crippen LogP contribution < -0.4 is 5.32 Å². The molecule has 35 heavy (non-hydrogen) atoms. The van der Waals surface area contributed by atoms with Gasteiger partial charge in [0, 0.05) is 31.4 Å². The Morgan fingerprint density at radius 2 is 1.71 bits per heavy atom. The van der Waals surface area contributed by atoms with E-state index in [0.29, 0.717) is 46.8 Å². The number of carbonyl (C=O) groups is 1. The number of nitrogens with one attached hydrogen (secondary N) is 1. The highest BCUT2D eigenvalue weighted by atomic mass is 32.2. The topological polar surface area (TPSA) is 97.2 Å². The summed E-state index contributed by atoms with van der Waals surface area (Å²) in [5.41, 5.74) is 4.45. The smallest absolute Gasteiger partial charge is 0.256 e. The van der Waals surface area contributed by atoms with Crippen LogP contribution in [0.2, 0.25) is 0 Å². The van der Waals surface area contributed by atoms with Crippen molar-refractivity contribution >= 4 is 32.7 Å². The van der Waals surface area contributed by atoms with Crippen LogP contribution in [0.25, 0.3) is 22.3 Å². The van der Waals surface area contributed by atoms with E-state index in [2.05, 4.69) is 10.4 Å². The second kappa shape index (κ2) is 9.59. The molecule has 4 aromatic rings. The summed E-state index contributed by atoms with van der Waals surface area (Å²) in [6, 6.07) is 16.2. The van der Waals surface area contributed by atoms with E-state index >= 15 is 0 Å². The number of aromatic nitrogens is 3.